The molecule has 21 heavy (non-hydrogen) atoms. The number of fused-ring (bicyclic) bond motifs is 1. The summed E-state index contributed by atoms with van der Waals surface area (Å²) in [6.45, 7) is 4.73. The largest absolute Gasteiger partial charge is 0.494 e. The van der Waals surface area contributed by atoms with Crippen LogP contribution in [0.4, 0.5) is 0 Å². The maximum absolute atomic E-state index is 6.00. The summed E-state index contributed by atoms with van der Waals surface area (Å²) in [5, 5.41) is 5.41. The van der Waals surface area contributed by atoms with Gasteiger partial charge < -0.3 is 10.1 Å². The van der Waals surface area contributed by atoms with E-state index in [0.717, 1.165) is 48.7 Å². The van der Waals surface area contributed by atoms with Crippen molar-refractivity contribution in [3.63, 3.8) is 0 Å². The standard InChI is InChI=1S/C16H19ClN2OS/c1-11-9-12(4-5-13(11)17)20-8-2-3-16-19-14-6-7-18-10-15(14)21-16/h4-5,9,18H,2-3,6-8,10H2,1H3. The van der Waals surface area contributed by atoms with Gasteiger partial charge in [0.1, 0.15) is 5.75 Å². The maximum atomic E-state index is 6.00. The Morgan fingerprint density at radius 3 is 3.14 bits per heavy atom. The monoisotopic (exact) mass is 322 g/mol. The Morgan fingerprint density at radius 2 is 2.33 bits per heavy atom. The third-order valence-corrected chi connectivity index (χ3v) is 5.16. The average molecular weight is 323 g/mol. The van der Waals surface area contributed by atoms with E-state index in [2.05, 4.69) is 5.32 Å². The number of benzene rings is 1. The van der Waals surface area contributed by atoms with E-state index >= 15 is 0 Å². The zero-order chi connectivity index (χ0) is 14.7. The highest BCUT2D eigenvalue weighted by molar-refractivity contribution is 7.11. The van der Waals surface area contributed by atoms with Crippen LogP contribution in [0, 0.1) is 6.92 Å². The average Bonchev–Trinajstić information content (AvgIpc) is 2.90. The van der Waals surface area contributed by atoms with Crippen molar-refractivity contribution in [1.82, 2.24) is 10.3 Å². The molecule has 0 fully saturated rings. The summed E-state index contributed by atoms with van der Waals surface area (Å²) >= 11 is 7.84. The lowest BCUT2D eigenvalue weighted by atomic mass is 10.2. The zero-order valence-electron chi connectivity index (χ0n) is 12.1. The maximum Gasteiger partial charge on any atom is 0.119 e. The first-order valence-electron chi connectivity index (χ1n) is 7.29. The third kappa shape index (κ3) is 3.76. The van der Waals surface area contributed by atoms with E-state index in [1.807, 2.05) is 36.5 Å². The molecule has 0 aliphatic carbocycles. The first-order valence-corrected chi connectivity index (χ1v) is 8.49. The second kappa shape index (κ2) is 6.77. The SMILES string of the molecule is Cc1cc(OCCCc2nc3c(s2)CNCC3)ccc1Cl. The van der Waals surface area contributed by atoms with Gasteiger partial charge in [0.25, 0.3) is 0 Å². The fourth-order valence-electron chi connectivity index (χ4n) is 2.41. The molecule has 1 aliphatic rings. The van der Waals surface area contributed by atoms with Gasteiger partial charge in [-0.2, -0.15) is 0 Å². The summed E-state index contributed by atoms with van der Waals surface area (Å²) in [7, 11) is 0. The van der Waals surface area contributed by atoms with Crippen LogP contribution in [0.2, 0.25) is 5.02 Å². The molecule has 0 amide bonds. The molecule has 1 aromatic heterocycles. The summed E-state index contributed by atoms with van der Waals surface area (Å²) in [5.74, 6) is 0.888. The minimum atomic E-state index is 0.712. The number of halogens is 1. The van der Waals surface area contributed by atoms with Gasteiger partial charge in [-0.15, -0.1) is 11.3 Å². The molecule has 5 heteroatoms. The van der Waals surface area contributed by atoms with Crippen molar-refractivity contribution in [2.45, 2.75) is 32.7 Å². The topological polar surface area (TPSA) is 34.1 Å². The number of hydrogen-bond acceptors (Lipinski definition) is 4. The van der Waals surface area contributed by atoms with E-state index < -0.39 is 0 Å². The molecule has 3 rings (SSSR count). The van der Waals surface area contributed by atoms with Crippen molar-refractivity contribution in [3.8, 4) is 5.75 Å². The molecule has 1 N–H and O–H groups in total. The fraction of sp³-hybridized carbons (Fsp3) is 0.438. The molecular weight excluding hydrogens is 304 g/mol. The van der Waals surface area contributed by atoms with E-state index in [1.54, 1.807) is 0 Å². The van der Waals surface area contributed by atoms with Crippen LogP contribution in [0.3, 0.4) is 0 Å². The smallest absolute Gasteiger partial charge is 0.119 e. The Labute approximate surface area is 134 Å². The molecule has 0 bridgehead atoms. The van der Waals surface area contributed by atoms with Gasteiger partial charge in [0.05, 0.1) is 17.3 Å². The first kappa shape index (κ1) is 14.8. The molecule has 0 unspecified atom stereocenters. The van der Waals surface area contributed by atoms with Gasteiger partial charge in [-0.1, -0.05) is 11.6 Å². The van der Waals surface area contributed by atoms with Crippen molar-refractivity contribution in [2.24, 2.45) is 0 Å². The van der Waals surface area contributed by atoms with Gasteiger partial charge >= 0.3 is 0 Å². The zero-order valence-corrected chi connectivity index (χ0v) is 13.7. The highest BCUT2D eigenvalue weighted by Crippen LogP contribution is 2.23. The molecule has 2 heterocycles. The lowest BCUT2D eigenvalue weighted by molar-refractivity contribution is 0.311. The summed E-state index contributed by atoms with van der Waals surface area (Å²) in [6, 6.07) is 5.79. The normalized spacial score (nSPS) is 14.0. The van der Waals surface area contributed by atoms with E-state index in [-0.39, 0.29) is 0 Å². The van der Waals surface area contributed by atoms with Crippen LogP contribution in [-0.2, 0) is 19.4 Å². The Balaban J connectivity index is 1.47. The Kier molecular flexibility index (Phi) is 4.78. The minimum Gasteiger partial charge on any atom is -0.494 e. The second-order valence-electron chi connectivity index (χ2n) is 5.27. The third-order valence-electron chi connectivity index (χ3n) is 3.58. The Morgan fingerprint density at radius 1 is 1.43 bits per heavy atom. The van der Waals surface area contributed by atoms with E-state index in [4.69, 9.17) is 21.3 Å². The van der Waals surface area contributed by atoms with Gasteiger partial charge in [0, 0.05) is 35.8 Å². The highest BCUT2D eigenvalue weighted by Gasteiger charge is 2.14. The minimum absolute atomic E-state index is 0.712. The van der Waals surface area contributed by atoms with Crippen LogP contribution in [-0.4, -0.2) is 18.1 Å². The molecular formula is C16H19ClN2OS. The van der Waals surface area contributed by atoms with Crippen LogP contribution < -0.4 is 10.1 Å². The van der Waals surface area contributed by atoms with Crippen LogP contribution in [0.25, 0.3) is 0 Å². The predicted octanol–water partition coefficient (Wildman–Crippen LogP) is 3.76. The van der Waals surface area contributed by atoms with E-state index in [9.17, 15) is 0 Å². The quantitative estimate of drug-likeness (QED) is 0.851. The molecule has 2 aromatic rings. The molecule has 3 nitrogen and oxygen atoms in total. The first-order chi connectivity index (χ1) is 10.2. The fourth-order valence-corrected chi connectivity index (χ4v) is 3.65. The molecule has 0 saturated heterocycles. The number of aryl methyl sites for hydroxylation is 2. The van der Waals surface area contributed by atoms with Gasteiger partial charge in [0.2, 0.25) is 0 Å². The molecule has 0 spiro atoms. The summed E-state index contributed by atoms with van der Waals surface area (Å²) in [6.07, 6.45) is 3.04. The Bertz CT molecular complexity index is 603. The molecule has 0 radical (unpaired) electrons. The number of rotatable bonds is 5. The number of aromatic nitrogens is 1. The van der Waals surface area contributed by atoms with Gasteiger partial charge in [0.15, 0.2) is 0 Å². The van der Waals surface area contributed by atoms with Crippen molar-refractivity contribution in [3.05, 3.63) is 44.4 Å². The van der Waals surface area contributed by atoms with Crippen molar-refractivity contribution in [1.29, 1.82) is 0 Å². The second-order valence-corrected chi connectivity index (χ2v) is 6.84. The lowest BCUT2D eigenvalue weighted by Gasteiger charge is -2.09. The summed E-state index contributed by atoms with van der Waals surface area (Å²) in [5.41, 5.74) is 2.34. The van der Waals surface area contributed by atoms with Gasteiger partial charge in [-0.05, 0) is 37.1 Å². The predicted molar refractivity (Wildman–Crippen MR) is 87.5 cm³/mol. The van der Waals surface area contributed by atoms with Gasteiger partial charge in [-0.25, -0.2) is 4.98 Å². The Hall–Kier alpha value is -1.10. The lowest BCUT2D eigenvalue weighted by Crippen LogP contribution is -2.22. The number of thiazole rings is 1. The van der Waals surface area contributed by atoms with E-state index in [0.29, 0.717) is 6.61 Å². The molecule has 112 valence electrons. The highest BCUT2D eigenvalue weighted by atomic mass is 35.5. The van der Waals surface area contributed by atoms with Gasteiger partial charge in [-0.3, -0.25) is 0 Å². The number of hydrogen-bond donors (Lipinski definition) is 1. The molecule has 0 saturated carbocycles. The number of nitrogens with zero attached hydrogens (tertiary/aromatic N) is 1. The number of nitrogens with one attached hydrogen (secondary N) is 1. The van der Waals surface area contributed by atoms with Crippen LogP contribution in [0.1, 0.15) is 27.6 Å². The van der Waals surface area contributed by atoms with Crippen molar-refractivity contribution < 1.29 is 4.74 Å². The van der Waals surface area contributed by atoms with Crippen LogP contribution in [0.15, 0.2) is 18.2 Å². The van der Waals surface area contributed by atoms with Crippen molar-refractivity contribution in [2.75, 3.05) is 13.2 Å². The molecule has 1 aromatic carbocycles. The molecule has 0 atom stereocenters. The van der Waals surface area contributed by atoms with E-state index in [1.165, 1.54) is 15.6 Å². The van der Waals surface area contributed by atoms with Crippen LogP contribution >= 0.6 is 22.9 Å². The molecule has 1 aliphatic heterocycles. The van der Waals surface area contributed by atoms with Crippen LogP contribution in [0.5, 0.6) is 5.75 Å². The summed E-state index contributed by atoms with van der Waals surface area (Å²) < 4.78 is 5.77. The number of ether oxygens (including phenoxy) is 1. The van der Waals surface area contributed by atoms with Crippen molar-refractivity contribution >= 4 is 22.9 Å². The summed E-state index contributed by atoms with van der Waals surface area (Å²) in [4.78, 5) is 6.13.